The second-order valence-corrected chi connectivity index (χ2v) is 9.12. The molecule has 0 saturated carbocycles. The Balaban J connectivity index is 1.48. The normalized spacial score (nSPS) is 14.4. The number of rotatable bonds is 9. The van der Waals surface area contributed by atoms with Crippen molar-refractivity contribution in [3.05, 3.63) is 47.5 Å². The molecule has 2 aromatic heterocycles. The van der Waals surface area contributed by atoms with E-state index in [1.54, 1.807) is 13.1 Å². The van der Waals surface area contributed by atoms with Gasteiger partial charge in [0.15, 0.2) is 17.6 Å². The highest BCUT2D eigenvalue weighted by Gasteiger charge is 2.27. The molecule has 4 rings (SSSR count). The third-order valence-corrected chi connectivity index (χ3v) is 6.68. The van der Waals surface area contributed by atoms with Crippen LogP contribution in [0, 0.1) is 12.8 Å². The zero-order valence-corrected chi connectivity index (χ0v) is 20.8. The Hall–Kier alpha value is -3.17. The number of imidazole rings is 1. The van der Waals surface area contributed by atoms with E-state index in [4.69, 9.17) is 15.2 Å². The number of carbonyl (C=O) groups is 1. The van der Waals surface area contributed by atoms with Gasteiger partial charge in [0, 0.05) is 37.9 Å². The van der Waals surface area contributed by atoms with Crippen molar-refractivity contribution in [1.82, 2.24) is 14.5 Å². The van der Waals surface area contributed by atoms with Crippen molar-refractivity contribution < 1.29 is 23.9 Å². The van der Waals surface area contributed by atoms with Crippen LogP contribution in [-0.4, -0.2) is 47.2 Å². The molecule has 0 atom stereocenters. The van der Waals surface area contributed by atoms with E-state index in [0.717, 1.165) is 61.7 Å². The summed E-state index contributed by atoms with van der Waals surface area (Å²) in [5.74, 6) is 1.87. The summed E-state index contributed by atoms with van der Waals surface area (Å²) in [7, 11) is 1.65. The van der Waals surface area contributed by atoms with Gasteiger partial charge >= 0.3 is 0 Å². The summed E-state index contributed by atoms with van der Waals surface area (Å²) < 4.78 is 15.9. The Morgan fingerprint density at radius 2 is 2.09 bits per heavy atom. The van der Waals surface area contributed by atoms with Crippen molar-refractivity contribution in [2.24, 2.45) is 11.7 Å². The summed E-state index contributed by atoms with van der Waals surface area (Å²) in [5, 5.41) is 12.0. The molecule has 3 aromatic rings. The third-order valence-electron chi connectivity index (χ3n) is 6.68. The number of benzene rings is 1. The molecule has 0 unspecified atom stereocenters. The molecule has 9 nitrogen and oxygen atoms in total. The van der Waals surface area contributed by atoms with E-state index < -0.39 is 0 Å². The molecular formula is C26H35N5O4. The molecule has 188 valence electrons. The van der Waals surface area contributed by atoms with Gasteiger partial charge in [0.05, 0.1) is 31.9 Å². The first-order valence-corrected chi connectivity index (χ1v) is 12.2. The van der Waals surface area contributed by atoms with E-state index in [9.17, 15) is 9.90 Å². The predicted molar refractivity (Wildman–Crippen MR) is 130 cm³/mol. The molecule has 1 saturated heterocycles. The van der Waals surface area contributed by atoms with Crippen LogP contribution in [0.15, 0.2) is 30.3 Å². The number of carbonyl (C=O) groups excluding carboxylic acids is 1. The second kappa shape index (κ2) is 11.0. The summed E-state index contributed by atoms with van der Waals surface area (Å²) in [4.78, 5) is 18.4. The number of hydrogen-bond acceptors (Lipinski definition) is 6. The minimum absolute atomic E-state index is 0.124. The van der Waals surface area contributed by atoms with Crippen molar-refractivity contribution in [2.75, 3.05) is 26.9 Å². The van der Waals surface area contributed by atoms with Crippen molar-refractivity contribution in [3.8, 4) is 11.5 Å². The van der Waals surface area contributed by atoms with E-state index in [0.29, 0.717) is 23.9 Å². The zero-order chi connectivity index (χ0) is 24.9. The second-order valence-electron chi connectivity index (χ2n) is 9.12. The maximum atomic E-state index is 12.7. The number of pyridine rings is 1. The first-order valence-electron chi connectivity index (χ1n) is 12.2. The molecule has 1 aliphatic rings. The fourth-order valence-electron chi connectivity index (χ4n) is 4.70. The van der Waals surface area contributed by atoms with Gasteiger partial charge in [-0.05, 0) is 44.9 Å². The smallest absolute Gasteiger partial charge is 0.271 e. The van der Waals surface area contributed by atoms with E-state index in [2.05, 4.69) is 21.0 Å². The fraction of sp³-hybridized carbons (Fsp3) is 0.500. The Morgan fingerprint density at radius 3 is 2.80 bits per heavy atom. The molecule has 35 heavy (non-hydrogen) atoms. The monoisotopic (exact) mass is 481 g/mol. The molecule has 2 N–H and O–H groups in total. The SMILES string of the molecule is CCn1c(CN)[n+](CC2CCOCC2)c2ccc(OCC(=O)N(C)Cc3nc(C)ccc3[O-])cc21. The number of nitrogens with zero attached hydrogens (tertiary/aromatic N) is 4. The van der Waals surface area contributed by atoms with Crippen LogP contribution in [0.3, 0.4) is 0 Å². The quantitative estimate of drug-likeness (QED) is 0.466. The molecular weight excluding hydrogens is 446 g/mol. The van der Waals surface area contributed by atoms with Crippen molar-refractivity contribution in [2.45, 2.75) is 52.9 Å². The van der Waals surface area contributed by atoms with Gasteiger partial charge in [-0.15, -0.1) is 0 Å². The zero-order valence-electron chi connectivity index (χ0n) is 20.8. The molecule has 1 amide bonds. The lowest BCUT2D eigenvalue weighted by atomic mass is 10.0. The lowest BCUT2D eigenvalue weighted by Crippen LogP contribution is -2.43. The summed E-state index contributed by atoms with van der Waals surface area (Å²) in [5.41, 5.74) is 9.43. The number of nitrogens with two attached hydrogens (primary N) is 1. The maximum Gasteiger partial charge on any atom is 0.271 e. The molecule has 9 heteroatoms. The fourth-order valence-corrected chi connectivity index (χ4v) is 4.70. The van der Waals surface area contributed by atoms with E-state index >= 15 is 0 Å². The van der Waals surface area contributed by atoms with Crippen molar-refractivity contribution >= 4 is 16.9 Å². The van der Waals surface area contributed by atoms with E-state index in [-0.39, 0.29) is 24.8 Å². The lowest BCUT2D eigenvalue weighted by Gasteiger charge is -2.21. The van der Waals surface area contributed by atoms with Gasteiger partial charge in [-0.3, -0.25) is 9.78 Å². The molecule has 3 heterocycles. The van der Waals surface area contributed by atoms with Crippen LogP contribution in [0.1, 0.15) is 37.0 Å². The Kier molecular flexibility index (Phi) is 7.87. The van der Waals surface area contributed by atoms with E-state index in [1.165, 1.54) is 11.0 Å². The van der Waals surface area contributed by atoms with Gasteiger partial charge < -0.3 is 25.2 Å². The number of aryl methyl sites for hydroxylation is 2. The van der Waals surface area contributed by atoms with Gasteiger partial charge in [-0.2, -0.15) is 0 Å². The van der Waals surface area contributed by atoms with Crippen LogP contribution in [0.5, 0.6) is 11.5 Å². The van der Waals surface area contributed by atoms with Crippen LogP contribution in [0.2, 0.25) is 0 Å². The Bertz CT molecular complexity index is 1190. The molecule has 0 bridgehead atoms. The van der Waals surface area contributed by atoms with Crippen LogP contribution in [0.4, 0.5) is 0 Å². The number of amides is 1. The Labute approximate surface area is 206 Å². The van der Waals surface area contributed by atoms with Gasteiger partial charge in [0.2, 0.25) is 0 Å². The molecule has 0 radical (unpaired) electrons. The van der Waals surface area contributed by atoms with Gasteiger partial charge in [0.1, 0.15) is 5.75 Å². The maximum absolute atomic E-state index is 12.7. The number of ether oxygens (including phenoxy) is 2. The average molecular weight is 482 g/mol. The first-order chi connectivity index (χ1) is 16.9. The molecule has 0 spiro atoms. The minimum Gasteiger partial charge on any atom is -0.871 e. The lowest BCUT2D eigenvalue weighted by molar-refractivity contribution is -0.687. The first kappa shape index (κ1) is 24.9. The standard InChI is InChI=1S/C26H35N5O4/c1-4-30-23-13-20(35-17-26(33)29(3)16-21-24(32)8-5-18(2)28-21)6-7-22(23)31(25(30)14-27)15-19-9-11-34-12-10-19/h5-8,13,19H,4,9-12,14-17,27H2,1-3H3. The van der Waals surface area contributed by atoms with E-state index in [1.807, 2.05) is 25.1 Å². The highest BCUT2D eigenvalue weighted by Crippen LogP contribution is 2.24. The molecule has 1 aliphatic heterocycles. The van der Waals surface area contributed by atoms with Gasteiger partial charge in [-0.25, -0.2) is 9.13 Å². The molecule has 0 aliphatic carbocycles. The summed E-state index contributed by atoms with van der Waals surface area (Å²) in [6.45, 7) is 7.71. The van der Waals surface area contributed by atoms with Crippen LogP contribution in [0.25, 0.3) is 11.0 Å². The predicted octanol–water partition coefficient (Wildman–Crippen LogP) is 1.65. The number of likely N-dealkylation sites (N-methyl/N-ethyl adjacent to an activating group) is 1. The van der Waals surface area contributed by atoms with Crippen molar-refractivity contribution in [1.29, 1.82) is 0 Å². The van der Waals surface area contributed by atoms with Crippen LogP contribution < -0.4 is 20.1 Å². The third kappa shape index (κ3) is 5.57. The molecule has 1 fully saturated rings. The highest BCUT2D eigenvalue weighted by molar-refractivity contribution is 5.78. The Morgan fingerprint density at radius 1 is 1.31 bits per heavy atom. The van der Waals surface area contributed by atoms with Crippen molar-refractivity contribution in [3.63, 3.8) is 0 Å². The summed E-state index contributed by atoms with van der Waals surface area (Å²) >= 11 is 0. The van der Waals surface area contributed by atoms with Crippen LogP contribution in [-0.2, 0) is 35.7 Å². The topological polar surface area (TPSA) is 110 Å². The van der Waals surface area contributed by atoms with Gasteiger partial charge in [0.25, 0.3) is 11.7 Å². The summed E-state index contributed by atoms with van der Waals surface area (Å²) in [6, 6.07) is 9.07. The minimum atomic E-state index is -0.226. The summed E-state index contributed by atoms with van der Waals surface area (Å²) in [6.07, 6.45) is 2.11. The number of fused-ring (bicyclic) bond motifs is 1. The molecule has 1 aromatic carbocycles. The number of hydrogen-bond donors (Lipinski definition) is 1. The van der Waals surface area contributed by atoms with Crippen LogP contribution >= 0.6 is 0 Å². The van der Waals surface area contributed by atoms with Gasteiger partial charge in [-0.1, -0.05) is 11.8 Å². The average Bonchev–Trinajstić information content (AvgIpc) is 3.16. The highest BCUT2D eigenvalue weighted by atomic mass is 16.5. The largest absolute Gasteiger partial charge is 0.871 e. The number of aromatic nitrogens is 3.